The van der Waals surface area contributed by atoms with Crippen LogP contribution in [-0.2, 0) is 0 Å². The number of nitrogens with zero attached hydrogens (tertiary/aromatic N) is 4. The standard InChI is InChI=1S/C36H28N6O4/c1-19-15-21(39-41-31-17-29(35(43)44)25-7-3-5-9-27(25)33(31)37)11-13-23(19)24-14-12-22(16-20(24)2)40-42-32-18-30(36(45)46)26-8-4-6-10-28(26)34(32)38/h3-18H,37-38H2,1-2H3,(H,43,44)(H,45,46)/b41-39+,42-40+. The molecule has 226 valence electrons. The van der Waals surface area contributed by atoms with Gasteiger partial charge in [0.1, 0.15) is 11.4 Å². The Kier molecular flexibility index (Phi) is 7.69. The molecule has 0 aromatic heterocycles. The smallest absolute Gasteiger partial charge is 0.336 e. The SMILES string of the molecule is Cc1cc(/N=N/c2cc(C(=O)O)c3ccccc3c2N)ccc1-c1ccc(/N=N/c2cc(C(=O)O)c3ccccc3c2N)cc1C. The lowest BCUT2D eigenvalue weighted by atomic mass is 9.96. The number of azo groups is 2. The van der Waals surface area contributed by atoms with Crippen LogP contribution >= 0.6 is 0 Å². The summed E-state index contributed by atoms with van der Waals surface area (Å²) in [5.41, 5.74) is 19.2. The Labute approximate surface area is 263 Å². The lowest BCUT2D eigenvalue weighted by Crippen LogP contribution is -1.99. The van der Waals surface area contributed by atoms with E-state index in [1.54, 1.807) is 48.5 Å². The number of nitrogen functional groups attached to an aromatic ring is 2. The molecule has 0 amide bonds. The highest BCUT2D eigenvalue weighted by Crippen LogP contribution is 2.38. The molecular formula is C36H28N6O4. The van der Waals surface area contributed by atoms with Gasteiger partial charge in [-0.2, -0.15) is 10.2 Å². The van der Waals surface area contributed by atoms with E-state index in [4.69, 9.17) is 11.5 Å². The van der Waals surface area contributed by atoms with E-state index in [1.807, 2.05) is 50.2 Å². The zero-order valence-electron chi connectivity index (χ0n) is 24.9. The minimum atomic E-state index is -1.07. The van der Waals surface area contributed by atoms with Crippen LogP contribution in [0.15, 0.2) is 118 Å². The van der Waals surface area contributed by atoms with E-state index in [1.165, 1.54) is 12.1 Å². The Balaban J connectivity index is 1.26. The molecule has 10 heteroatoms. The van der Waals surface area contributed by atoms with Gasteiger partial charge in [-0.15, -0.1) is 10.2 Å². The summed E-state index contributed by atoms with van der Waals surface area (Å²) in [7, 11) is 0. The first-order valence-corrected chi connectivity index (χ1v) is 14.3. The lowest BCUT2D eigenvalue weighted by Gasteiger charge is -2.11. The summed E-state index contributed by atoms with van der Waals surface area (Å²) in [5, 5.41) is 39.0. The first-order valence-electron chi connectivity index (χ1n) is 14.3. The predicted octanol–water partition coefficient (Wildman–Crippen LogP) is 9.67. The molecule has 0 aliphatic rings. The van der Waals surface area contributed by atoms with Gasteiger partial charge in [0, 0.05) is 10.8 Å². The van der Waals surface area contributed by atoms with Gasteiger partial charge in [-0.3, -0.25) is 0 Å². The third kappa shape index (κ3) is 5.50. The van der Waals surface area contributed by atoms with E-state index in [0.29, 0.717) is 44.3 Å². The van der Waals surface area contributed by atoms with Crippen LogP contribution in [0.25, 0.3) is 32.7 Å². The second-order valence-corrected chi connectivity index (χ2v) is 10.8. The number of aromatic carboxylic acids is 2. The fraction of sp³-hybridized carbons (Fsp3) is 0.0556. The average Bonchev–Trinajstić information content (AvgIpc) is 3.04. The molecule has 6 aromatic carbocycles. The van der Waals surface area contributed by atoms with E-state index >= 15 is 0 Å². The first-order chi connectivity index (χ1) is 22.1. The topological polar surface area (TPSA) is 176 Å². The number of hydrogen-bond acceptors (Lipinski definition) is 8. The Morgan fingerprint density at radius 1 is 0.522 bits per heavy atom. The fourth-order valence-electron chi connectivity index (χ4n) is 5.53. The van der Waals surface area contributed by atoms with Gasteiger partial charge < -0.3 is 21.7 Å². The molecule has 0 aliphatic heterocycles. The van der Waals surface area contributed by atoms with Gasteiger partial charge >= 0.3 is 11.9 Å². The molecule has 6 aromatic rings. The summed E-state index contributed by atoms with van der Waals surface area (Å²) >= 11 is 0. The predicted molar refractivity (Wildman–Crippen MR) is 180 cm³/mol. The quantitative estimate of drug-likeness (QED) is 0.104. The van der Waals surface area contributed by atoms with Crippen molar-refractivity contribution in [2.24, 2.45) is 20.5 Å². The summed E-state index contributed by atoms with van der Waals surface area (Å²) in [6.45, 7) is 3.94. The van der Waals surface area contributed by atoms with Crippen LogP contribution in [0, 0.1) is 13.8 Å². The average molecular weight is 609 g/mol. The minimum Gasteiger partial charge on any atom is -0.478 e. The maximum absolute atomic E-state index is 11.9. The van der Waals surface area contributed by atoms with E-state index in [9.17, 15) is 19.8 Å². The third-order valence-electron chi connectivity index (χ3n) is 7.85. The maximum atomic E-state index is 11.9. The van der Waals surface area contributed by atoms with Crippen molar-refractivity contribution in [2.45, 2.75) is 13.8 Å². The number of anilines is 2. The van der Waals surface area contributed by atoms with E-state index < -0.39 is 11.9 Å². The van der Waals surface area contributed by atoms with Gasteiger partial charge in [-0.25, -0.2) is 9.59 Å². The van der Waals surface area contributed by atoms with Gasteiger partial charge in [-0.05, 0) is 83.3 Å². The Hall–Kier alpha value is -6.42. The summed E-state index contributed by atoms with van der Waals surface area (Å²) in [6.07, 6.45) is 0. The molecule has 0 saturated heterocycles. The van der Waals surface area contributed by atoms with Crippen molar-refractivity contribution in [3.63, 3.8) is 0 Å². The molecule has 0 saturated carbocycles. The second kappa shape index (κ2) is 11.9. The highest BCUT2D eigenvalue weighted by molar-refractivity contribution is 6.11. The Morgan fingerprint density at radius 2 is 0.891 bits per heavy atom. The van der Waals surface area contributed by atoms with Crippen LogP contribution < -0.4 is 11.5 Å². The molecular weight excluding hydrogens is 580 g/mol. The van der Waals surface area contributed by atoms with E-state index in [0.717, 1.165) is 22.3 Å². The number of rotatable bonds is 7. The summed E-state index contributed by atoms with van der Waals surface area (Å²) in [5.74, 6) is -2.14. The normalized spacial score (nSPS) is 11.6. The van der Waals surface area contributed by atoms with Gasteiger partial charge in [0.05, 0.1) is 33.9 Å². The minimum absolute atomic E-state index is 0.106. The van der Waals surface area contributed by atoms with Gasteiger partial charge in [-0.1, -0.05) is 60.7 Å². The zero-order chi connectivity index (χ0) is 32.5. The van der Waals surface area contributed by atoms with E-state index in [2.05, 4.69) is 20.5 Å². The maximum Gasteiger partial charge on any atom is 0.336 e. The number of carboxylic acid groups (broad SMARTS) is 2. The number of aryl methyl sites for hydroxylation is 2. The lowest BCUT2D eigenvalue weighted by molar-refractivity contribution is 0.0688. The largest absolute Gasteiger partial charge is 0.478 e. The highest BCUT2D eigenvalue weighted by atomic mass is 16.4. The van der Waals surface area contributed by atoms with Gasteiger partial charge in [0.25, 0.3) is 0 Å². The summed E-state index contributed by atoms with van der Waals surface area (Å²) < 4.78 is 0. The van der Waals surface area contributed by atoms with E-state index in [-0.39, 0.29) is 22.5 Å². The van der Waals surface area contributed by atoms with Gasteiger partial charge in [0.15, 0.2) is 0 Å². The Morgan fingerprint density at radius 3 is 1.24 bits per heavy atom. The number of benzene rings is 6. The summed E-state index contributed by atoms with van der Waals surface area (Å²) in [4.78, 5) is 23.7. The fourth-order valence-corrected chi connectivity index (χ4v) is 5.53. The number of hydrogen-bond donors (Lipinski definition) is 4. The molecule has 0 unspecified atom stereocenters. The van der Waals surface area contributed by atoms with Crippen molar-refractivity contribution in [2.75, 3.05) is 11.5 Å². The summed E-state index contributed by atoms with van der Waals surface area (Å²) in [6, 6.07) is 28.3. The van der Waals surface area contributed by atoms with Crippen LogP contribution in [0.4, 0.5) is 34.1 Å². The number of carbonyl (C=O) groups is 2. The molecule has 0 atom stereocenters. The van der Waals surface area contributed by atoms with Crippen molar-refractivity contribution in [1.29, 1.82) is 0 Å². The van der Waals surface area contributed by atoms with Crippen molar-refractivity contribution < 1.29 is 19.8 Å². The van der Waals surface area contributed by atoms with Crippen LogP contribution in [-0.4, -0.2) is 22.2 Å². The molecule has 6 N–H and O–H groups in total. The molecule has 0 spiro atoms. The van der Waals surface area contributed by atoms with Crippen LogP contribution in [0.5, 0.6) is 0 Å². The van der Waals surface area contributed by atoms with Crippen molar-refractivity contribution >= 4 is 67.6 Å². The van der Waals surface area contributed by atoms with Crippen molar-refractivity contribution in [3.8, 4) is 11.1 Å². The number of nitrogens with two attached hydrogens (primary N) is 2. The molecule has 46 heavy (non-hydrogen) atoms. The van der Waals surface area contributed by atoms with Crippen LogP contribution in [0.3, 0.4) is 0 Å². The number of carboxylic acids is 2. The third-order valence-corrected chi connectivity index (χ3v) is 7.85. The molecule has 6 rings (SSSR count). The molecule has 0 radical (unpaired) electrons. The van der Waals surface area contributed by atoms with Crippen molar-refractivity contribution in [1.82, 2.24) is 0 Å². The van der Waals surface area contributed by atoms with Crippen LogP contribution in [0.2, 0.25) is 0 Å². The molecule has 0 fully saturated rings. The van der Waals surface area contributed by atoms with Crippen molar-refractivity contribution in [3.05, 3.63) is 119 Å². The first kappa shape index (κ1) is 29.6. The molecule has 0 heterocycles. The Bertz CT molecular complexity index is 2120. The number of fused-ring (bicyclic) bond motifs is 2. The van der Waals surface area contributed by atoms with Gasteiger partial charge in [0.2, 0.25) is 0 Å². The molecule has 0 bridgehead atoms. The molecule has 0 aliphatic carbocycles. The van der Waals surface area contributed by atoms with Crippen LogP contribution in [0.1, 0.15) is 31.8 Å². The highest BCUT2D eigenvalue weighted by Gasteiger charge is 2.16. The zero-order valence-corrected chi connectivity index (χ0v) is 24.9. The molecule has 10 nitrogen and oxygen atoms in total. The monoisotopic (exact) mass is 608 g/mol. The second-order valence-electron chi connectivity index (χ2n) is 10.8.